The molecule has 1 fully saturated rings. The first kappa shape index (κ1) is 14.1. The fraction of sp³-hybridized carbons (Fsp3) is 0.647. The van der Waals surface area contributed by atoms with Crippen LogP contribution in [0.3, 0.4) is 0 Å². The van der Waals surface area contributed by atoms with Crippen LogP contribution >= 0.6 is 0 Å². The Bertz CT molecular complexity index is 443. The number of ether oxygens (including phenoxy) is 1. The maximum absolute atomic E-state index is 5.70. The number of rotatable bonds is 7. The SMILES string of the molecule is CN(CCOCC1CC1)Cc1ccc2c(c1)CNCC2. The van der Waals surface area contributed by atoms with E-state index in [0.717, 1.165) is 45.3 Å². The molecule has 3 nitrogen and oxygen atoms in total. The van der Waals surface area contributed by atoms with Crippen LogP contribution in [0.4, 0.5) is 0 Å². The minimum absolute atomic E-state index is 0.861. The number of nitrogens with one attached hydrogen (secondary N) is 1. The van der Waals surface area contributed by atoms with Crippen molar-refractivity contribution in [1.29, 1.82) is 0 Å². The molecule has 110 valence electrons. The molecule has 1 heterocycles. The van der Waals surface area contributed by atoms with Gasteiger partial charge in [0.05, 0.1) is 6.61 Å². The molecular formula is C17H26N2O. The van der Waals surface area contributed by atoms with E-state index in [1.54, 1.807) is 0 Å². The first-order valence-corrected chi connectivity index (χ1v) is 7.89. The van der Waals surface area contributed by atoms with Gasteiger partial charge in [0.2, 0.25) is 0 Å². The topological polar surface area (TPSA) is 24.5 Å². The summed E-state index contributed by atoms with van der Waals surface area (Å²) in [7, 11) is 2.18. The molecular weight excluding hydrogens is 248 g/mol. The van der Waals surface area contributed by atoms with E-state index in [0.29, 0.717) is 0 Å². The Morgan fingerprint density at radius 3 is 3.05 bits per heavy atom. The second kappa shape index (κ2) is 6.70. The molecule has 0 saturated heterocycles. The minimum Gasteiger partial charge on any atom is -0.380 e. The first-order valence-electron chi connectivity index (χ1n) is 7.89. The van der Waals surface area contributed by atoms with E-state index in [4.69, 9.17) is 4.74 Å². The lowest BCUT2D eigenvalue weighted by atomic mass is 9.98. The molecule has 3 rings (SSSR count). The van der Waals surface area contributed by atoms with Crippen LogP contribution in [0.1, 0.15) is 29.5 Å². The number of fused-ring (bicyclic) bond motifs is 1. The zero-order chi connectivity index (χ0) is 13.8. The van der Waals surface area contributed by atoms with E-state index in [1.807, 2.05) is 0 Å². The zero-order valence-electron chi connectivity index (χ0n) is 12.5. The van der Waals surface area contributed by atoms with Crippen molar-refractivity contribution in [3.8, 4) is 0 Å². The lowest BCUT2D eigenvalue weighted by molar-refractivity contribution is 0.102. The molecule has 0 amide bonds. The van der Waals surface area contributed by atoms with Gasteiger partial charge in [0, 0.05) is 26.2 Å². The van der Waals surface area contributed by atoms with Crippen molar-refractivity contribution in [1.82, 2.24) is 10.2 Å². The van der Waals surface area contributed by atoms with E-state index in [1.165, 1.54) is 36.0 Å². The highest BCUT2D eigenvalue weighted by Gasteiger charge is 2.20. The van der Waals surface area contributed by atoms with Crippen LogP contribution in [0.2, 0.25) is 0 Å². The highest BCUT2D eigenvalue weighted by Crippen LogP contribution is 2.28. The second-order valence-corrected chi connectivity index (χ2v) is 6.29. The van der Waals surface area contributed by atoms with Crippen molar-refractivity contribution in [3.63, 3.8) is 0 Å². The number of nitrogens with zero attached hydrogens (tertiary/aromatic N) is 1. The summed E-state index contributed by atoms with van der Waals surface area (Å²) in [6, 6.07) is 6.96. The van der Waals surface area contributed by atoms with Gasteiger partial charge in [-0.1, -0.05) is 18.2 Å². The van der Waals surface area contributed by atoms with Crippen LogP contribution in [0.15, 0.2) is 18.2 Å². The van der Waals surface area contributed by atoms with E-state index < -0.39 is 0 Å². The largest absolute Gasteiger partial charge is 0.380 e. The van der Waals surface area contributed by atoms with Gasteiger partial charge in [0.25, 0.3) is 0 Å². The molecule has 3 heteroatoms. The van der Waals surface area contributed by atoms with E-state index in [2.05, 4.69) is 35.5 Å². The van der Waals surface area contributed by atoms with E-state index >= 15 is 0 Å². The monoisotopic (exact) mass is 274 g/mol. The molecule has 0 aromatic heterocycles. The molecule has 1 N–H and O–H groups in total. The molecule has 1 aromatic carbocycles. The van der Waals surface area contributed by atoms with Gasteiger partial charge in [-0.3, -0.25) is 4.90 Å². The molecule has 20 heavy (non-hydrogen) atoms. The Labute approximate surface area is 122 Å². The number of benzene rings is 1. The molecule has 0 spiro atoms. The highest BCUT2D eigenvalue weighted by atomic mass is 16.5. The third kappa shape index (κ3) is 4.05. The van der Waals surface area contributed by atoms with Gasteiger partial charge in [-0.15, -0.1) is 0 Å². The molecule has 0 atom stereocenters. The average Bonchev–Trinajstić information content (AvgIpc) is 3.28. The Morgan fingerprint density at radius 2 is 2.20 bits per heavy atom. The van der Waals surface area contributed by atoms with Gasteiger partial charge < -0.3 is 10.1 Å². The summed E-state index contributed by atoms with van der Waals surface area (Å²) in [5.74, 6) is 0.869. The normalized spacial score (nSPS) is 18.3. The van der Waals surface area contributed by atoms with Crippen LogP contribution in [0.5, 0.6) is 0 Å². The Hall–Kier alpha value is -0.900. The summed E-state index contributed by atoms with van der Waals surface area (Å²) in [6.07, 6.45) is 3.92. The molecule has 1 aromatic rings. The Balaban J connectivity index is 1.43. The molecule has 0 bridgehead atoms. The summed E-state index contributed by atoms with van der Waals surface area (Å²) >= 11 is 0. The summed E-state index contributed by atoms with van der Waals surface area (Å²) in [6.45, 7) is 6.00. The Kier molecular flexibility index (Phi) is 4.71. The molecule has 1 aliphatic carbocycles. The maximum Gasteiger partial charge on any atom is 0.0593 e. The maximum atomic E-state index is 5.70. The predicted molar refractivity (Wildman–Crippen MR) is 81.7 cm³/mol. The van der Waals surface area contributed by atoms with Crippen LogP contribution in [-0.2, 0) is 24.2 Å². The van der Waals surface area contributed by atoms with Crippen molar-refractivity contribution in [2.24, 2.45) is 5.92 Å². The fourth-order valence-corrected chi connectivity index (χ4v) is 2.78. The lowest BCUT2D eigenvalue weighted by Gasteiger charge is -2.20. The summed E-state index contributed by atoms with van der Waals surface area (Å²) in [5.41, 5.74) is 4.41. The van der Waals surface area contributed by atoms with Crippen molar-refractivity contribution in [2.75, 3.05) is 33.4 Å². The van der Waals surface area contributed by atoms with Gasteiger partial charge in [-0.25, -0.2) is 0 Å². The lowest BCUT2D eigenvalue weighted by Crippen LogP contribution is -2.25. The molecule has 1 aliphatic heterocycles. The van der Waals surface area contributed by atoms with Crippen molar-refractivity contribution in [3.05, 3.63) is 34.9 Å². The average molecular weight is 274 g/mol. The summed E-state index contributed by atoms with van der Waals surface area (Å²) < 4.78 is 5.70. The Morgan fingerprint density at radius 1 is 1.30 bits per heavy atom. The van der Waals surface area contributed by atoms with Gasteiger partial charge in [-0.05, 0) is 55.5 Å². The number of hydrogen-bond acceptors (Lipinski definition) is 3. The van der Waals surface area contributed by atoms with Gasteiger partial charge in [0.15, 0.2) is 0 Å². The van der Waals surface area contributed by atoms with Gasteiger partial charge in [0.1, 0.15) is 0 Å². The van der Waals surface area contributed by atoms with E-state index in [9.17, 15) is 0 Å². The number of likely N-dealkylation sites (N-methyl/N-ethyl adjacent to an activating group) is 1. The minimum atomic E-state index is 0.861. The molecule has 1 saturated carbocycles. The van der Waals surface area contributed by atoms with Crippen LogP contribution < -0.4 is 5.32 Å². The third-order valence-corrected chi connectivity index (χ3v) is 4.28. The third-order valence-electron chi connectivity index (χ3n) is 4.28. The second-order valence-electron chi connectivity index (χ2n) is 6.29. The van der Waals surface area contributed by atoms with Crippen LogP contribution in [-0.4, -0.2) is 38.3 Å². The fourth-order valence-electron chi connectivity index (χ4n) is 2.78. The van der Waals surface area contributed by atoms with Gasteiger partial charge in [-0.2, -0.15) is 0 Å². The summed E-state index contributed by atoms with van der Waals surface area (Å²) in [4.78, 5) is 2.35. The van der Waals surface area contributed by atoms with Crippen LogP contribution in [0, 0.1) is 5.92 Å². The highest BCUT2D eigenvalue weighted by molar-refractivity contribution is 5.33. The standard InChI is InChI=1S/C17H26N2O/c1-19(8-9-20-13-14-2-3-14)12-15-4-5-16-6-7-18-11-17(16)10-15/h4-5,10,14,18H,2-3,6-9,11-13H2,1H3. The first-order chi connectivity index (χ1) is 9.81. The van der Waals surface area contributed by atoms with Crippen molar-refractivity contribution >= 4 is 0 Å². The molecule has 0 radical (unpaired) electrons. The smallest absolute Gasteiger partial charge is 0.0593 e. The predicted octanol–water partition coefficient (Wildman–Crippen LogP) is 2.19. The quantitative estimate of drug-likeness (QED) is 0.771. The van der Waals surface area contributed by atoms with Gasteiger partial charge >= 0.3 is 0 Å². The molecule has 2 aliphatic rings. The molecule has 0 unspecified atom stereocenters. The van der Waals surface area contributed by atoms with Crippen LogP contribution in [0.25, 0.3) is 0 Å². The van der Waals surface area contributed by atoms with E-state index in [-0.39, 0.29) is 0 Å². The van der Waals surface area contributed by atoms with Crippen molar-refractivity contribution < 1.29 is 4.74 Å². The summed E-state index contributed by atoms with van der Waals surface area (Å²) in [5, 5.41) is 3.45. The van der Waals surface area contributed by atoms with Crippen molar-refractivity contribution in [2.45, 2.75) is 32.4 Å². The zero-order valence-corrected chi connectivity index (χ0v) is 12.5. The number of hydrogen-bond donors (Lipinski definition) is 1.